The van der Waals surface area contributed by atoms with Gasteiger partial charge in [0.25, 0.3) is 0 Å². The van der Waals surface area contributed by atoms with Crippen molar-refractivity contribution in [3.05, 3.63) is 53.2 Å². The van der Waals surface area contributed by atoms with Crippen LogP contribution in [0.1, 0.15) is 36.7 Å². The van der Waals surface area contributed by atoms with Gasteiger partial charge in [-0.25, -0.2) is 19.3 Å². The van der Waals surface area contributed by atoms with Crippen molar-refractivity contribution in [2.45, 2.75) is 49.8 Å². The standard InChI is InChI=1S/C22H23F3N4OS/c1-12-28-17-11-26-18(31-3)9-15(17)20(29-12)27-10-13-5-4-6-16(19(13)23)22(24,25)21(2,30)14-7-8-14/h4-6,9,11,14,30H,7-8,10H2,1-3H3,(H,27,28,29). The molecule has 1 aromatic carbocycles. The fourth-order valence-corrected chi connectivity index (χ4v) is 4.08. The Hall–Kier alpha value is -2.39. The minimum absolute atomic E-state index is 0.0518. The van der Waals surface area contributed by atoms with Crippen LogP contribution in [0.3, 0.4) is 0 Å². The fourth-order valence-electron chi connectivity index (χ4n) is 3.69. The second-order valence-corrected chi connectivity index (χ2v) is 8.82. The average Bonchev–Trinajstić information content (AvgIpc) is 3.58. The zero-order valence-electron chi connectivity index (χ0n) is 17.4. The van der Waals surface area contributed by atoms with Crippen LogP contribution in [-0.2, 0) is 12.5 Å². The minimum Gasteiger partial charge on any atom is -0.383 e. The van der Waals surface area contributed by atoms with Gasteiger partial charge in [0.15, 0.2) is 0 Å². The number of anilines is 1. The Kier molecular flexibility index (Phi) is 5.59. The topological polar surface area (TPSA) is 70.9 Å². The Morgan fingerprint density at radius 2 is 2.00 bits per heavy atom. The molecule has 1 unspecified atom stereocenters. The molecular formula is C22H23F3N4OS. The molecule has 0 aliphatic heterocycles. The molecule has 0 saturated heterocycles. The van der Waals surface area contributed by atoms with Crippen LogP contribution >= 0.6 is 11.8 Å². The van der Waals surface area contributed by atoms with Gasteiger partial charge in [-0.05, 0) is 51.0 Å². The zero-order valence-corrected chi connectivity index (χ0v) is 18.2. The first kappa shape index (κ1) is 21.8. The summed E-state index contributed by atoms with van der Waals surface area (Å²) in [4.78, 5) is 13.0. The van der Waals surface area contributed by atoms with Crippen LogP contribution in [0.4, 0.5) is 19.0 Å². The predicted octanol–water partition coefficient (Wildman–Crippen LogP) is 5.06. The molecule has 1 aliphatic rings. The molecule has 2 aromatic heterocycles. The maximum atomic E-state index is 15.1. The highest BCUT2D eigenvalue weighted by Gasteiger charge is 2.59. The SMILES string of the molecule is CSc1cc2c(NCc3cccc(C(F)(F)C(C)(O)C4CC4)c3F)nc(C)nc2cn1. The van der Waals surface area contributed by atoms with Gasteiger partial charge in [0.1, 0.15) is 23.1 Å². The normalized spacial score (nSPS) is 16.4. The number of aryl methyl sites for hydroxylation is 1. The quantitative estimate of drug-likeness (QED) is 0.493. The van der Waals surface area contributed by atoms with E-state index < -0.39 is 28.8 Å². The Labute approximate surface area is 182 Å². The summed E-state index contributed by atoms with van der Waals surface area (Å²) >= 11 is 1.47. The molecule has 1 fully saturated rings. The summed E-state index contributed by atoms with van der Waals surface area (Å²) in [5.41, 5.74) is -2.39. The van der Waals surface area contributed by atoms with Crippen LogP contribution < -0.4 is 5.32 Å². The second kappa shape index (κ2) is 7.94. The molecular weight excluding hydrogens is 425 g/mol. The number of rotatable bonds is 7. The lowest BCUT2D eigenvalue weighted by atomic mass is 9.86. The van der Waals surface area contributed by atoms with Gasteiger partial charge in [-0.2, -0.15) is 8.78 Å². The summed E-state index contributed by atoms with van der Waals surface area (Å²) in [7, 11) is 0. The van der Waals surface area contributed by atoms with E-state index in [0.717, 1.165) is 18.0 Å². The van der Waals surface area contributed by atoms with Crippen molar-refractivity contribution in [1.29, 1.82) is 0 Å². The van der Waals surface area contributed by atoms with Crippen LogP contribution in [0.2, 0.25) is 0 Å². The Balaban J connectivity index is 1.65. The first-order valence-electron chi connectivity index (χ1n) is 9.95. The zero-order chi connectivity index (χ0) is 22.4. The number of thioether (sulfide) groups is 1. The van der Waals surface area contributed by atoms with Gasteiger partial charge in [-0.3, -0.25) is 0 Å². The van der Waals surface area contributed by atoms with Crippen LogP contribution in [0.25, 0.3) is 10.9 Å². The van der Waals surface area contributed by atoms with Crippen LogP contribution in [0, 0.1) is 18.7 Å². The predicted molar refractivity (Wildman–Crippen MR) is 115 cm³/mol. The molecule has 3 aromatic rings. The van der Waals surface area contributed by atoms with Crippen molar-refractivity contribution in [2.24, 2.45) is 5.92 Å². The van der Waals surface area contributed by atoms with Crippen molar-refractivity contribution in [2.75, 3.05) is 11.6 Å². The third-order valence-corrected chi connectivity index (χ3v) is 6.39. The van der Waals surface area contributed by atoms with Crippen molar-refractivity contribution in [1.82, 2.24) is 15.0 Å². The minimum atomic E-state index is -3.70. The first-order chi connectivity index (χ1) is 14.6. The van der Waals surface area contributed by atoms with E-state index in [1.807, 2.05) is 12.3 Å². The summed E-state index contributed by atoms with van der Waals surface area (Å²) < 4.78 is 45.2. The highest BCUT2D eigenvalue weighted by atomic mass is 32.2. The van der Waals surface area contributed by atoms with E-state index in [0.29, 0.717) is 35.4 Å². The lowest BCUT2D eigenvalue weighted by molar-refractivity contribution is -0.191. The molecule has 164 valence electrons. The number of aromatic nitrogens is 3. The molecule has 2 heterocycles. The number of aliphatic hydroxyl groups is 1. The molecule has 0 radical (unpaired) electrons. The molecule has 1 atom stereocenters. The monoisotopic (exact) mass is 448 g/mol. The fraction of sp³-hybridized carbons (Fsp3) is 0.409. The highest BCUT2D eigenvalue weighted by molar-refractivity contribution is 7.98. The molecule has 0 amide bonds. The van der Waals surface area contributed by atoms with Crippen LogP contribution in [-0.4, -0.2) is 31.9 Å². The van der Waals surface area contributed by atoms with E-state index in [2.05, 4.69) is 20.3 Å². The number of alkyl halides is 2. The number of nitrogens with zero attached hydrogens (tertiary/aromatic N) is 3. The van der Waals surface area contributed by atoms with E-state index in [1.54, 1.807) is 13.1 Å². The van der Waals surface area contributed by atoms with E-state index >= 15 is 13.2 Å². The molecule has 9 heteroatoms. The molecule has 2 N–H and O–H groups in total. The molecule has 1 saturated carbocycles. The van der Waals surface area contributed by atoms with Crippen LogP contribution in [0.15, 0.2) is 35.5 Å². The van der Waals surface area contributed by atoms with Gasteiger partial charge < -0.3 is 10.4 Å². The lowest BCUT2D eigenvalue weighted by Crippen LogP contribution is -2.45. The number of fused-ring (bicyclic) bond motifs is 1. The molecule has 0 spiro atoms. The Morgan fingerprint density at radius 3 is 2.68 bits per heavy atom. The lowest BCUT2D eigenvalue weighted by Gasteiger charge is -2.33. The maximum Gasteiger partial charge on any atom is 0.304 e. The van der Waals surface area contributed by atoms with Gasteiger partial charge in [0, 0.05) is 17.5 Å². The Morgan fingerprint density at radius 1 is 1.26 bits per heavy atom. The van der Waals surface area contributed by atoms with Gasteiger partial charge in [-0.1, -0.05) is 12.1 Å². The summed E-state index contributed by atoms with van der Waals surface area (Å²) in [5, 5.41) is 14.9. The number of nitrogens with one attached hydrogen (secondary N) is 1. The summed E-state index contributed by atoms with van der Waals surface area (Å²) in [5.74, 6) is -4.27. The highest BCUT2D eigenvalue weighted by Crippen LogP contribution is 2.52. The number of hydrogen-bond acceptors (Lipinski definition) is 6. The number of benzene rings is 1. The van der Waals surface area contributed by atoms with Crippen molar-refractivity contribution in [3.8, 4) is 0 Å². The summed E-state index contributed by atoms with van der Waals surface area (Å²) in [6.45, 7) is 2.76. The number of hydrogen-bond donors (Lipinski definition) is 2. The number of halogens is 3. The average molecular weight is 449 g/mol. The third kappa shape index (κ3) is 3.96. The molecule has 1 aliphatic carbocycles. The van der Waals surface area contributed by atoms with Crippen molar-refractivity contribution >= 4 is 28.5 Å². The molecule has 5 nitrogen and oxygen atoms in total. The van der Waals surface area contributed by atoms with Gasteiger partial charge in [0.05, 0.1) is 22.3 Å². The summed E-state index contributed by atoms with van der Waals surface area (Å²) in [6, 6.07) is 5.69. The number of pyridine rings is 1. The molecule has 0 bridgehead atoms. The van der Waals surface area contributed by atoms with E-state index in [-0.39, 0.29) is 12.1 Å². The largest absolute Gasteiger partial charge is 0.383 e. The third-order valence-electron chi connectivity index (χ3n) is 5.75. The van der Waals surface area contributed by atoms with E-state index in [4.69, 9.17) is 0 Å². The van der Waals surface area contributed by atoms with E-state index in [9.17, 15) is 5.11 Å². The van der Waals surface area contributed by atoms with Crippen LogP contribution in [0.5, 0.6) is 0 Å². The maximum absolute atomic E-state index is 15.1. The van der Waals surface area contributed by atoms with Gasteiger partial charge in [0.2, 0.25) is 0 Å². The molecule has 31 heavy (non-hydrogen) atoms. The second-order valence-electron chi connectivity index (χ2n) is 7.99. The van der Waals surface area contributed by atoms with Crippen molar-refractivity contribution in [3.63, 3.8) is 0 Å². The Bertz CT molecular complexity index is 1140. The van der Waals surface area contributed by atoms with Gasteiger partial charge in [-0.15, -0.1) is 11.8 Å². The van der Waals surface area contributed by atoms with Crippen molar-refractivity contribution < 1.29 is 18.3 Å². The van der Waals surface area contributed by atoms with E-state index in [1.165, 1.54) is 23.9 Å². The first-order valence-corrected chi connectivity index (χ1v) is 11.2. The smallest absolute Gasteiger partial charge is 0.304 e. The van der Waals surface area contributed by atoms with Gasteiger partial charge >= 0.3 is 5.92 Å². The summed E-state index contributed by atoms with van der Waals surface area (Å²) in [6.07, 6.45) is 4.56. The molecule has 4 rings (SSSR count).